The number of ether oxygens (including phenoxy) is 1. The number of hydrogen-bond acceptors (Lipinski definition) is 3. The number of carbonyl (C=O) groups excluding carboxylic acids is 1. The smallest absolute Gasteiger partial charge is 0.411 e. The summed E-state index contributed by atoms with van der Waals surface area (Å²) in [6.45, 7) is 9.71. The second-order valence-corrected chi connectivity index (χ2v) is 5.68. The average molecular weight is 280 g/mol. The van der Waals surface area contributed by atoms with E-state index in [0.717, 1.165) is 6.42 Å². The number of carbonyl (C=O) groups is 1. The van der Waals surface area contributed by atoms with Crippen molar-refractivity contribution in [3.8, 4) is 12.3 Å². The van der Waals surface area contributed by atoms with Crippen LogP contribution in [0.4, 0.5) is 4.79 Å². The lowest BCUT2D eigenvalue weighted by Crippen LogP contribution is -2.47. The normalized spacial score (nSPS) is 13.6. The van der Waals surface area contributed by atoms with Gasteiger partial charge >= 0.3 is 6.09 Å². The standard InChI is InChI=1S/C14H24N4O2/c1-7-9-18(13(19)20-14(4,5)6)12(10-16-17-15)11(3)8-2/h1,11-12H,8-10H2,2-6H3/t11-,12+/m0/s1. The minimum absolute atomic E-state index is 0.130. The first-order valence-corrected chi connectivity index (χ1v) is 6.70. The van der Waals surface area contributed by atoms with E-state index in [1.165, 1.54) is 4.90 Å². The van der Waals surface area contributed by atoms with Crippen molar-refractivity contribution in [2.24, 2.45) is 11.0 Å². The molecule has 0 unspecified atom stereocenters. The van der Waals surface area contributed by atoms with E-state index in [1.807, 2.05) is 13.8 Å². The number of amides is 1. The third-order valence-corrected chi connectivity index (χ3v) is 2.92. The Balaban J connectivity index is 5.20. The fourth-order valence-corrected chi connectivity index (χ4v) is 1.71. The van der Waals surface area contributed by atoms with Crippen molar-refractivity contribution < 1.29 is 9.53 Å². The molecule has 0 aliphatic heterocycles. The van der Waals surface area contributed by atoms with Crippen LogP contribution in [0.3, 0.4) is 0 Å². The first-order chi connectivity index (χ1) is 9.26. The summed E-state index contributed by atoms with van der Waals surface area (Å²) in [6, 6.07) is -0.262. The van der Waals surface area contributed by atoms with Gasteiger partial charge in [0, 0.05) is 17.5 Å². The summed E-state index contributed by atoms with van der Waals surface area (Å²) in [6.07, 6.45) is 5.70. The molecule has 0 aliphatic rings. The van der Waals surface area contributed by atoms with Crippen molar-refractivity contribution >= 4 is 6.09 Å². The second kappa shape index (κ2) is 8.34. The Morgan fingerprint density at radius 2 is 2.15 bits per heavy atom. The Morgan fingerprint density at radius 1 is 1.55 bits per heavy atom. The zero-order valence-electron chi connectivity index (χ0n) is 13.0. The van der Waals surface area contributed by atoms with Crippen LogP contribution in [0, 0.1) is 18.3 Å². The molecule has 6 heteroatoms. The quantitative estimate of drug-likeness (QED) is 0.322. The van der Waals surface area contributed by atoms with Crippen LogP contribution in [0.25, 0.3) is 10.4 Å². The summed E-state index contributed by atoms with van der Waals surface area (Å²) >= 11 is 0. The summed E-state index contributed by atoms with van der Waals surface area (Å²) in [5, 5.41) is 3.59. The summed E-state index contributed by atoms with van der Waals surface area (Å²) in [5.41, 5.74) is 7.89. The van der Waals surface area contributed by atoms with E-state index in [0.29, 0.717) is 0 Å². The predicted molar refractivity (Wildman–Crippen MR) is 79.0 cm³/mol. The maximum absolute atomic E-state index is 12.2. The van der Waals surface area contributed by atoms with Crippen LogP contribution in [0.2, 0.25) is 0 Å². The Labute approximate surface area is 121 Å². The molecule has 6 nitrogen and oxygen atoms in total. The molecule has 112 valence electrons. The highest BCUT2D eigenvalue weighted by atomic mass is 16.6. The van der Waals surface area contributed by atoms with Gasteiger partial charge in [0.05, 0.1) is 6.54 Å². The monoisotopic (exact) mass is 280 g/mol. The molecule has 0 N–H and O–H groups in total. The molecule has 0 spiro atoms. The highest BCUT2D eigenvalue weighted by Crippen LogP contribution is 2.19. The third kappa shape index (κ3) is 6.35. The van der Waals surface area contributed by atoms with Gasteiger partial charge in [0.1, 0.15) is 5.60 Å². The van der Waals surface area contributed by atoms with Gasteiger partial charge in [-0.15, -0.1) is 6.42 Å². The number of nitrogens with zero attached hydrogens (tertiary/aromatic N) is 4. The zero-order chi connectivity index (χ0) is 15.8. The SMILES string of the molecule is C#CCN(C(=O)OC(C)(C)C)[C@H](CN=[N+]=[N-])[C@@H](C)CC. The number of hydrogen-bond donors (Lipinski definition) is 0. The largest absolute Gasteiger partial charge is 0.444 e. The molecule has 0 aromatic carbocycles. The third-order valence-electron chi connectivity index (χ3n) is 2.92. The molecule has 2 atom stereocenters. The van der Waals surface area contributed by atoms with Crippen LogP contribution in [-0.4, -0.2) is 35.7 Å². The van der Waals surface area contributed by atoms with Crippen LogP contribution >= 0.6 is 0 Å². The predicted octanol–water partition coefficient (Wildman–Crippen LogP) is 3.58. The molecule has 0 rings (SSSR count). The lowest BCUT2D eigenvalue weighted by Gasteiger charge is -2.34. The lowest BCUT2D eigenvalue weighted by atomic mass is 9.98. The summed E-state index contributed by atoms with van der Waals surface area (Å²) < 4.78 is 5.36. The van der Waals surface area contributed by atoms with Gasteiger partial charge in [0.25, 0.3) is 0 Å². The van der Waals surface area contributed by atoms with Crippen molar-refractivity contribution in [1.29, 1.82) is 0 Å². The van der Waals surface area contributed by atoms with Gasteiger partial charge in [-0.2, -0.15) is 0 Å². The van der Waals surface area contributed by atoms with Gasteiger partial charge in [-0.3, -0.25) is 4.90 Å². The van der Waals surface area contributed by atoms with E-state index in [1.54, 1.807) is 20.8 Å². The van der Waals surface area contributed by atoms with Gasteiger partial charge in [0.2, 0.25) is 0 Å². The van der Waals surface area contributed by atoms with Gasteiger partial charge < -0.3 is 4.74 Å². The molecule has 0 aliphatic carbocycles. The van der Waals surface area contributed by atoms with Crippen molar-refractivity contribution in [1.82, 2.24) is 4.90 Å². The molecule has 1 amide bonds. The zero-order valence-corrected chi connectivity index (χ0v) is 13.0. The van der Waals surface area contributed by atoms with E-state index in [2.05, 4.69) is 15.9 Å². The maximum atomic E-state index is 12.2. The molecular weight excluding hydrogens is 256 g/mol. The maximum Gasteiger partial charge on any atom is 0.411 e. The molecule has 0 radical (unpaired) electrons. The minimum Gasteiger partial charge on any atom is -0.444 e. The highest BCUT2D eigenvalue weighted by Gasteiger charge is 2.30. The van der Waals surface area contributed by atoms with Crippen molar-refractivity contribution in [3.63, 3.8) is 0 Å². The van der Waals surface area contributed by atoms with Gasteiger partial charge in [-0.25, -0.2) is 4.79 Å². The number of rotatable bonds is 6. The van der Waals surface area contributed by atoms with Crippen molar-refractivity contribution in [2.45, 2.75) is 52.7 Å². The molecule has 0 saturated carbocycles. The lowest BCUT2D eigenvalue weighted by molar-refractivity contribution is 0.0146. The second-order valence-electron chi connectivity index (χ2n) is 5.68. The van der Waals surface area contributed by atoms with E-state index in [4.69, 9.17) is 16.7 Å². The van der Waals surface area contributed by atoms with E-state index < -0.39 is 11.7 Å². The Morgan fingerprint density at radius 3 is 2.55 bits per heavy atom. The average Bonchev–Trinajstić information content (AvgIpc) is 2.35. The molecule has 0 bridgehead atoms. The first kappa shape index (κ1) is 18.1. The molecule has 0 saturated heterocycles. The van der Waals surface area contributed by atoms with Crippen molar-refractivity contribution in [2.75, 3.05) is 13.1 Å². The van der Waals surface area contributed by atoms with Gasteiger partial charge in [-0.05, 0) is 32.2 Å². The van der Waals surface area contributed by atoms with Gasteiger partial charge in [-0.1, -0.05) is 31.3 Å². The van der Waals surface area contributed by atoms with E-state index in [9.17, 15) is 4.79 Å². The first-order valence-electron chi connectivity index (χ1n) is 6.70. The van der Waals surface area contributed by atoms with Crippen LogP contribution in [-0.2, 0) is 4.74 Å². The molecule has 0 aromatic heterocycles. The van der Waals surface area contributed by atoms with Crippen LogP contribution in [0.1, 0.15) is 41.0 Å². The van der Waals surface area contributed by atoms with E-state index in [-0.39, 0.29) is 25.0 Å². The highest BCUT2D eigenvalue weighted by molar-refractivity contribution is 5.69. The summed E-state index contributed by atoms with van der Waals surface area (Å²) in [4.78, 5) is 16.5. The van der Waals surface area contributed by atoms with Crippen LogP contribution < -0.4 is 0 Å². The number of azide groups is 1. The molecule has 0 aromatic rings. The summed E-state index contributed by atoms with van der Waals surface area (Å²) in [5.74, 6) is 2.61. The fraction of sp³-hybridized carbons (Fsp3) is 0.786. The van der Waals surface area contributed by atoms with E-state index >= 15 is 0 Å². The summed E-state index contributed by atoms with van der Waals surface area (Å²) in [7, 11) is 0. The van der Waals surface area contributed by atoms with Crippen molar-refractivity contribution in [3.05, 3.63) is 10.4 Å². The molecule has 20 heavy (non-hydrogen) atoms. The fourth-order valence-electron chi connectivity index (χ4n) is 1.71. The Hall–Kier alpha value is -1.86. The molecule has 0 fully saturated rings. The Bertz CT molecular complexity index is 402. The Kier molecular flexibility index (Phi) is 7.56. The molecular formula is C14H24N4O2. The topological polar surface area (TPSA) is 78.3 Å². The van der Waals surface area contributed by atoms with Gasteiger partial charge in [0.15, 0.2) is 0 Å². The minimum atomic E-state index is -0.595. The van der Waals surface area contributed by atoms with Crippen LogP contribution in [0.5, 0.6) is 0 Å². The number of terminal acetylenes is 1. The van der Waals surface area contributed by atoms with Crippen LogP contribution in [0.15, 0.2) is 5.11 Å². The molecule has 0 heterocycles.